The van der Waals surface area contributed by atoms with Gasteiger partial charge in [-0.25, -0.2) is 0 Å². The Balaban J connectivity index is 1.93. The molecule has 0 saturated carbocycles. The third kappa shape index (κ3) is 3.82. The zero-order chi connectivity index (χ0) is 14.5. The predicted octanol–water partition coefficient (Wildman–Crippen LogP) is 3.41. The largest absolute Gasteiger partial charge is 0.378 e. The molecule has 1 aromatic carbocycles. The maximum Gasteiger partial charge on any atom is 0.0991 e. The molecule has 0 amide bonds. The monoisotopic (exact) mass is 272 g/mol. The molecule has 108 valence electrons. The molecule has 1 aromatic rings. The lowest BCUT2D eigenvalue weighted by Crippen LogP contribution is -2.41. The van der Waals surface area contributed by atoms with E-state index in [-0.39, 0.29) is 0 Å². The molecule has 3 nitrogen and oxygen atoms in total. The molecule has 0 bridgehead atoms. The van der Waals surface area contributed by atoms with Crippen molar-refractivity contribution in [2.45, 2.75) is 51.8 Å². The van der Waals surface area contributed by atoms with Crippen LogP contribution in [0.2, 0.25) is 0 Å². The van der Waals surface area contributed by atoms with Crippen LogP contribution in [0, 0.1) is 17.2 Å². The first-order chi connectivity index (χ1) is 9.60. The van der Waals surface area contributed by atoms with Gasteiger partial charge >= 0.3 is 0 Å². The summed E-state index contributed by atoms with van der Waals surface area (Å²) in [6.45, 7) is 7.47. The molecular weight excluding hydrogens is 248 g/mol. The van der Waals surface area contributed by atoms with Crippen LogP contribution in [-0.4, -0.2) is 18.8 Å². The zero-order valence-electron chi connectivity index (χ0n) is 12.6. The molecule has 0 aliphatic carbocycles. The van der Waals surface area contributed by atoms with E-state index in [1.165, 1.54) is 5.56 Å². The quantitative estimate of drug-likeness (QED) is 0.913. The zero-order valence-corrected chi connectivity index (χ0v) is 12.6. The Morgan fingerprint density at radius 1 is 1.25 bits per heavy atom. The highest BCUT2D eigenvalue weighted by Gasteiger charge is 2.25. The van der Waals surface area contributed by atoms with Crippen LogP contribution in [-0.2, 0) is 4.74 Å². The molecule has 3 heteroatoms. The van der Waals surface area contributed by atoms with E-state index in [9.17, 15) is 0 Å². The first-order valence-corrected chi connectivity index (χ1v) is 7.48. The Kier molecular flexibility index (Phi) is 5.17. The second-order valence-electron chi connectivity index (χ2n) is 6.00. The molecule has 0 spiro atoms. The van der Waals surface area contributed by atoms with Crippen molar-refractivity contribution >= 4 is 0 Å². The van der Waals surface area contributed by atoms with Crippen LogP contribution in [0.5, 0.6) is 0 Å². The molecule has 1 fully saturated rings. The minimum Gasteiger partial charge on any atom is -0.378 e. The summed E-state index contributed by atoms with van der Waals surface area (Å²) in [6.07, 6.45) is 2.52. The van der Waals surface area contributed by atoms with Crippen LogP contribution in [0.25, 0.3) is 0 Å². The van der Waals surface area contributed by atoms with Crippen molar-refractivity contribution < 1.29 is 4.74 Å². The number of nitrogens with one attached hydrogen (secondary N) is 1. The number of nitriles is 1. The number of nitrogens with zero attached hydrogens (tertiary/aromatic N) is 1. The van der Waals surface area contributed by atoms with Crippen molar-refractivity contribution in [3.8, 4) is 6.07 Å². The lowest BCUT2D eigenvalue weighted by Gasteiger charge is -2.34. The summed E-state index contributed by atoms with van der Waals surface area (Å²) >= 11 is 0. The topological polar surface area (TPSA) is 45.0 Å². The van der Waals surface area contributed by atoms with Crippen molar-refractivity contribution in [1.29, 1.82) is 5.26 Å². The lowest BCUT2D eigenvalue weighted by molar-refractivity contribution is -0.0256. The molecular formula is C17H24N2O. The van der Waals surface area contributed by atoms with Gasteiger partial charge in [-0.3, -0.25) is 0 Å². The molecule has 1 saturated heterocycles. The van der Waals surface area contributed by atoms with Crippen molar-refractivity contribution in [3.63, 3.8) is 0 Å². The molecule has 0 aromatic heterocycles. The van der Waals surface area contributed by atoms with Crippen molar-refractivity contribution in [2.24, 2.45) is 5.92 Å². The number of rotatable bonds is 4. The molecule has 1 aliphatic rings. The van der Waals surface area contributed by atoms with E-state index in [0.29, 0.717) is 29.7 Å². The maximum absolute atomic E-state index is 8.83. The van der Waals surface area contributed by atoms with Crippen molar-refractivity contribution in [3.05, 3.63) is 35.4 Å². The number of hydrogen-bond donors (Lipinski definition) is 1. The van der Waals surface area contributed by atoms with Crippen molar-refractivity contribution in [1.82, 2.24) is 5.32 Å². The molecule has 2 rings (SSSR count). The van der Waals surface area contributed by atoms with Gasteiger partial charge in [0.15, 0.2) is 0 Å². The van der Waals surface area contributed by atoms with E-state index in [2.05, 4.69) is 32.2 Å². The first kappa shape index (κ1) is 15.0. The summed E-state index contributed by atoms with van der Waals surface area (Å²) in [5, 5.41) is 12.5. The maximum atomic E-state index is 8.83. The molecule has 20 heavy (non-hydrogen) atoms. The molecule has 3 unspecified atom stereocenters. The van der Waals surface area contributed by atoms with Gasteiger partial charge in [0.1, 0.15) is 0 Å². The third-order valence-electron chi connectivity index (χ3n) is 4.08. The highest BCUT2D eigenvalue weighted by Crippen LogP contribution is 2.23. The molecule has 3 atom stereocenters. The Morgan fingerprint density at radius 3 is 2.55 bits per heavy atom. The number of hydrogen-bond acceptors (Lipinski definition) is 3. The van der Waals surface area contributed by atoms with Gasteiger partial charge < -0.3 is 10.1 Å². The normalized spacial score (nSPS) is 24.4. The van der Waals surface area contributed by atoms with Crippen LogP contribution in [0.15, 0.2) is 24.3 Å². The standard InChI is InChI=1S/C17H24N2O/c1-12(2)17-10-16(8-9-20-17)19-13(3)15-6-4-14(11-18)5-7-15/h4-7,12-13,16-17,19H,8-10H2,1-3H3. The smallest absolute Gasteiger partial charge is 0.0991 e. The fourth-order valence-corrected chi connectivity index (χ4v) is 2.74. The molecule has 1 heterocycles. The highest BCUT2D eigenvalue weighted by molar-refractivity contribution is 5.32. The number of benzene rings is 1. The van der Waals surface area contributed by atoms with Gasteiger partial charge in [-0.05, 0) is 43.4 Å². The predicted molar refractivity (Wildman–Crippen MR) is 80.3 cm³/mol. The van der Waals surface area contributed by atoms with E-state index < -0.39 is 0 Å². The Morgan fingerprint density at radius 2 is 1.95 bits per heavy atom. The fourth-order valence-electron chi connectivity index (χ4n) is 2.74. The SMILES string of the molecule is CC(NC1CCOC(C(C)C)C1)c1ccc(C#N)cc1. The Hall–Kier alpha value is -1.37. The number of ether oxygens (including phenoxy) is 1. The van der Waals surface area contributed by atoms with Gasteiger partial charge in [-0.1, -0.05) is 26.0 Å². The van der Waals surface area contributed by atoms with E-state index >= 15 is 0 Å². The van der Waals surface area contributed by atoms with E-state index in [4.69, 9.17) is 10.00 Å². The second kappa shape index (κ2) is 6.88. The fraction of sp³-hybridized carbons (Fsp3) is 0.588. The highest BCUT2D eigenvalue weighted by atomic mass is 16.5. The van der Waals surface area contributed by atoms with E-state index in [1.807, 2.05) is 24.3 Å². The van der Waals surface area contributed by atoms with Gasteiger partial charge in [0.2, 0.25) is 0 Å². The van der Waals surface area contributed by atoms with E-state index in [1.54, 1.807) is 0 Å². The average molecular weight is 272 g/mol. The van der Waals surface area contributed by atoms with Gasteiger partial charge in [-0.15, -0.1) is 0 Å². The minimum absolute atomic E-state index is 0.304. The second-order valence-corrected chi connectivity index (χ2v) is 6.00. The van der Waals surface area contributed by atoms with Crippen LogP contribution in [0.4, 0.5) is 0 Å². The average Bonchev–Trinajstić information content (AvgIpc) is 2.47. The lowest BCUT2D eigenvalue weighted by atomic mass is 9.94. The summed E-state index contributed by atoms with van der Waals surface area (Å²) in [5.41, 5.74) is 1.95. The van der Waals surface area contributed by atoms with Crippen LogP contribution < -0.4 is 5.32 Å². The van der Waals surface area contributed by atoms with Crippen LogP contribution >= 0.6 is 0 Å². The summed E-state index contributed by atoms with van der Waals surface area (Å²) in [6, 6.07) is 10.8. The van der Waals surface area contributed by atoms with Gasteiger partial charge in [0.25, 0.3) is 0 Å². The van der Waals surface area contributed by atoms with Crippen molar-refractivity contribution in [2.75, 3.05) is 6.61 Å². The van der Waals surface area contributed by atoms with Crippen LogP contribution in [0.3, 0.4) is 0 Å². The Bertz CT molecular complexity index is 461. The first-order valence-electron chi connectivity index (χ1n) is 7.48. The Labute approximate surface area is 121 Å². The summed E-state index contributed by atoms with van der Waals surface area (Å²) in [5.74, 6) is 0.574. The molecule has 1 N–H and O–H groups in total. The summed E-state index contributed by atoms with van der Waals surface area (Å²) in [4.78, 5) is 0. The minimum atomic E-state index is 0.304. The third-order valence-corrected chi connectivity index (χ3v) is 4.08. The van der Waals surface area contributed by atoms with Crippen LogP contribution in [0.1, 0.15) is 50.8 Å². The molecule has 1 aliphatic heterocycles. The van der Waals surface area contributed by atoms with Gasteiger partial charge in [-0.2, -0.15) is 5.26 Å². The van der Waals surface area contributed by atoms with Gasteiger partial charge in [0.05, 0.1) is 17.7 Å². The summed E-state index contributed by atoms with van der Waals surface area (Å²) in [7, 11) is 0. The molecule has 0 radical (unpaired) electrons. The van der Waals surface area contributed by atoms with E-state index in [0.717, 1.165) is 19.4 Å². The van der Waals surface area contributed by atoms with Gasteiger partial charge in [0, 0.05) is 18.7 Å². The summed E-state index contributed by atoms with van der Waals surface area (Å²) < 4.78 is 5.81.